The molecule has 0 aromatic heterocycles. The van der Waals surface area contributed by atoms with Gasteiger partial charge in [-0.15, -0.1) is 0 Å². The van der Waals surface area contributed by atoms with Crippen molar-refractivity contribution in [3.63, 3.8) is 0 Å². The zero-order valence-electron chi connectivity index (χ0n) is 11.3. The number of nitrogens with zero attached hydrogens (tertiary/aromatic N) is 2. The first kappa shape index (κ1) is 16.0. The predicted molar refractivity (Wildman–Crippen MR) is 74.4 cm³/mol. The molecule has 0 spiro atoms. The first-order valence-corrected chi connectivity index (χ1v) is 6.36. The molecule has 1 amide bonds. The maximum atomic E-state index is 12.4. The van der Waals surface area contributed by atoms with Crippen molar-refractivity contribution in [2.24, 2.45) is 0 Å². The summed E-state index contributed by atoms with van der Waals surface area (Å²) in [6, 6.07) is 8.10. The third-order valence-electron chi connectivity index (χ3n) is 2.98. The Balaban J connectivity index is 3.11. The zero-order valence-corrected chi connectivity index (χ0v) is 12.0. The maximum absolute atomic E-state index is 12.4. The third-order valence-corrected chi connectivity index (χ3v) is 3.23. The Bertz CT molecular complexity index is 547. The van der Waals surface area contributed by atoms with Gasteiger partial charge in [0.15, 0.2) is 0 Å². The van der Waals surface area contributed by atoms with Gasteiger partial charge in [-0.1, -0.05) is 11.6 Å². The van der Waals surface area contributed by atoms with Crippen LogP contribution in [0.25, 0.3) is 0 Å². The van der Waals surface area contributed by atoms with Crippen LogP contribution >= 0.6 is 11.6 Å². The zero-order chi connectivity index (χ0) is 15.3. The summed E-state index contributed by atoms with van der Waals surface area (Å²) in [5.74, 6) is -1.57. The Morgan fingerprint density at radius 2 is 1.90 bits per heavy atom. The van der Waals surface area contributed by atoms with Crippen LogP contribution in [0.1, 0.15) is 30.6 Å². The second-order valence-corrected chi connectivity index (χ2v) is 5.17. The van der Waals surface area contributed by atoms with Crippen LogP contribution < -0.4 is 0 Å². The van der Waals surface area contributed by atoms with E-state index in [9.17, 15) is 14.7 Å². The Hall–Kier alpha value is -2.06. The summed E-state index contributed by atoms with van der Waals surface area (Å²) in [6.45, 7) is 2.91. The number of nitriles is 1. The van der Waals surface area contributed by atoms with Crippen LogP contribution in [0.15, 0.2) is 24.3 Å². The van der Waals surface area contributed by atoms with E-state index in [1.54, 1.807) is 12.1 Å². The monoisotopic (exact) mass is 294 g/mol. The summed E-state index contributed by atoms with van der Waals surface area (Å²) in [5.41, 5.74) is -1.06. The molecule has 106 valence electrons. The average molecular weight is 295 g/mol. The van der Waals surface area contributed by atoms with Crippen LogP contribution in [0.5, 0.6) is 0 Å². The molecule has 0 aliphatic carbocycles. The van der Waals surface area contributed by atoms with Crippen LogP contribution in [-0.2, 0) is 4.79 Å². The second kappa shape index (κ2) is 6.40. The fraction of sp³-hybridized carbons (Fsp3) is 0.357. The molecule has 1 N–H and O–H groups in total. The van der Waals surface area contributed by atoms with Crippen molar-refractivity contribution < 1.29 is 14.7 Å². The van der Waals surface area contributed by atoms with Gasteiger partial charge >= 0.3 is 5.97 Å². The molecule has 0 unspecified atom stereocenters. The number of aliphatic carboxylic acids is 1. The maximum Gasteiger partial charge on any atom is 0.329 e. The Morgan fingerprint density at radius 3 is 2.35 bits per heavy atom. The molecular formula is C14H15ClN2O3. The van der Waals surface area contributed by atoms with Gasteiger partial charge < -0.3 is 10.0 Å². The summed E-state index contributed by atoms with van der Waals surface area (Å²) < 4.78 is 0. The van der Waals surface area contributed by atoms with E-state index in [0.29, 0.717) is 10.6 Å². The van der Waals surface area contributed by atoms with Crippen molar-refractivity contribution in [2.75, 3.05) is 6.54 Å². The number of benzene rings is 1. The van der Waals surface area contributed by atoms with Gasteiger partial charge in [-0.3, -0.25) is 4.79 Å². The number of hydrogen-bond donors (Lipinski definition) is 1. The van der Waals surface area contributed by atoms with Gasteiger partial charge in [-0.25, -0.2) is 4.79 Å². The lowest BCUT2D eigenvalue weighted by molar-refractivity contribution is -0.147. The number of carboxylic acids is 1. The Labute approximate surface area is 122 Å². The lowest BCUT2D eigenvalue weighted by Gasteiger charge is -2.34. The van der Waals surface area contributed by atoms with Crippen LogP contribution in [0.4, 0.5) is 0 Å². The molecule has 5 nitrogen and oxygen atoms in total. The van der Waals surface area contributed by atoms with Crippen molar-refractivity contribution in [1.29, 1.82) is 5.26 Å². The molecule has 20 heavy (non-hydrogen) atoms. The molecule has 1 aromatic carbocycles. The van der Waals surface area contributed by atoms with Gasteiger partial charge in [-0.05, 0) is 38.1 Å². The van der Waals surface area contributed by atoms with Gasteiger partial charge in [0.05, 0.1) is 12.5 Å². The van der Waals surface area contributed by atoms with Gasteiger partial charge in [0, 0.05) is 17.1 Å². The number of amides is 1. The Kier molecular flexibility index (Phi) is 5.12. The molecule has 1 rings (SSSR count). The number of hydrogen-bond acceptors (Lipinski definition) is 3. The highest BCUT2D eigenvalue weighted by Gasteiger charge is 2.37. The highest BCUT2D eigenvalue weighted by atomic mass is 35.5. The highest BCUT2D eigenvalue weighted by Crippen LogP contribution is 2.20. The summed E-state index contributed by atoms with van der Waals surface area (Å²) in [6.07, 6.45) is 0.0655. The van der Waals surface area contributed by atoms with Crippen LogP contribution in [-0.4, -0.2) is 34.0 Å². The number of rotatable bonds is 5. The van der Waals surface area contributed by atoms with Crippen molar-refractivity contribution in [3.05, 3.63) is 34.9 Å². The molecule has 0 bridgehead atoms. The van der Waals surface area contributed by atoms with E-state index in [0.717, 1.165) is 0 Å². The highest BCUT2D eigenvalue weighted by molar-refractivity contribution is 6.30. The number of carbonyl (C=O) groups is 2. The first-order chi connectivity index (χ1) is 9.30. The van der Waals surface area contributed by atoms with Gasteiger partial charge in [0.2, 0.25) is 0 Å². The minimum Gasteiger partial charge on any atom is -0.480 e. The van der Waals surface area contributed by atoms with Crippen molar-refractivity contribution in [3.8, 4) is 6.07 Å². The van der Waals surface area contributed by atoms with E-state index in [1.165, 1.54) is 30.9 Å². The molecule has 6 heteroatoms. The van der Waals surface area contributed by atoms with E-state index in [2.05, 4.69) is 0 Å². The van der Waals surface area contributed by atoms with Gasteiger partial charge in [0.1, 0.15) is 5.54 Å². The van der Waals surface area contributed by atoms with Crippen molar-refractivity contribution >= 4 is 23.5 Å². The van der Waals surface area contributed by atoms with Crippen LogP contribution in [0.2, 0.25) is 5.02 Å². The number of carbonyl (C=O) groups excluding carboxylic acids is 1. The normalized spacial score (nSPS) is 10.7. The minimum absolute atomic E-state index is 0.0528. The predicted octanol–water partition coefficient (Wildman–Crippen LogP) is 2.56. The molecule has 0 saturated carbocycles. The van der Waals surface area contributed by atoms with Crippen LogP contribution in [0, 0.1) is 11.3 Å². The SMILES string of the molecule is CC(C)(C(=O)O)N(CCC#N)C(=O)c1ccc(Cl)cc1. The molecule has 0 fully saturated rings. The molecule has 0 aliphatic heterocycles. The average Bonchev–Trinajstić information content (AvgIpc) is 2.39. The third kappa shape index (κ3) is 3.49. The molecule has 0 atom stereocenters. The number of halogens is 1. The molecule has 0 heterocycles. The second-order valence-electron chi connectivity index (χ2n) is 4.74. The van der Waals surface area contributed by atoms with Crippen molar-refractivity contribution in [1.82, 2.24) is 4.90 Å². The van der Waals surface area contributed by atoms with E-state index in [1.807, 2.05) is 6.07 Å². The summed E-state index contributed by atoms with van der Waals surface area (Å²) in [4.78, 5) is 24.9. The van der Waals surface area contributed by atoms with E-state index in [-0.39, 0.29) is 13.0 Å². The molecule has 0 saturated heterocycles. The first-order valence-electron chi connectivity index (χ1n) is 5.98. The van der Waals surface area contributed by atoms with Crippen LogP contribution in [0.3, 0.4) is 0 Å². The van der Waals surface area contributed by atoms with E-state index < -0.39 is 17.4 Å². The Morgan fingerprint density at radius 1 is 1.35 bits per heavy atom. The summed E-state index contributed by atoms with van der Waals surface area (Å²) in [5, 5.41) is 18.4. The van der Waals surface area contributed by atoms with E-state index >= 15 is 0 Å². The van der Waals surface area contributed by atoms with Gasteiger partial charge in [-0.2, -0.15) is 5.26 Å². The molecule has 1 aromatic rings. The molecule has 0 radical (unpaired) electrons. The smallest absolute Gasteiger partial charge is 0.329 e. The molecular weight excluding hydrogens is 280 g/mol. The van der Waals surface area contributed by atoms with E-state index in [4.69, 9.17) is 16.9 Å². The quantitative estimate of drug-likeness (QED) is 0.905. The molecule has 0 aliphatic rings. The topological polar surface area (TPSA) is 81.4 Å². The largest absolute Gasteiger partial charge is 0.480 e. The van der Waals surface area contributed by atoms with Crippen molar-refractivity contribution in [2.45, 2.75) is 25.8 Å². The summed E-state index contributed by atoms with van der Waals surface area (Å²) >= 11 is 5.76. The lowest BCUT2D eigenvalue weighted by atomic mass is 10.0. The number of carboxylic acid groups (broad SMARTS) is 1. The standard InChI is InChI=1S/C14H15ClN2O3/c1-14(2,13(19)20)17(9-3-8-16)12(18)10-4-6-11(15)7-5-10/h4-7H,3,9H2,1-2H3,(H,19,20). The lowest BCUT2D eigenvalue weighted by Crippen LogP contribution is -2.53. The van der Waals surface area contributed by atoms with Gasteiger partial charge in [0.25, 0.3) is 5.91 Å². The minimum atomic E-state index is -1.40. The summed E-state index contributed by atoms with van der Waals surface area (Å²) in [7, 11) is 0. The fourth-order valence-corrected chi connectivity index (χ4v) is 1.79. The fourth-order valence-electron chi connectivity index (χ4n) is 1.66.